The molecule has 0 atom stereocenters. The van der Waals surface area contributed by atoms with E-state index in [-0.39, 0.29) is 0 Å². The minimum absolute atomic E-state index is 0.724. The molecule has 2 aromatic heterocycles. The molecule has 0 unspecified atom stereocenters. The van der Waals surface area contributed by atoms with Crippen molar-refractivity contribution in [1.29, 1.82) is 0 Å². The van der Waals surface area contributed by atoms with Gasteiger partial charge in [-0.2, -0.15) is 4.98 Å². The standard InChI is InChI=1S/C20H25N5/c1-2-6-14-25(13-5-1)19-10-12-22-20(24-19)21-11-9-16-15-23-18-8-4-3-7-17(16)18/h3-4,7-8,10,12,15,23H,1-2,5-6,9,11,13-14H2,(H,21,22,24). The zero-order chi connectivity index (χ0) is 16.9. The molecule has 0 spiro atoms. The Balaban J connectivity index is 1.38. The Bertz CT molecular complexity index is 818. The van der Waals surface area contributed by atoms with Gasteiger partial charge >= 0.3 is 0 Å². The van der Waals surface area contributed by atoms with Gasteiger partial charge in [0.25, 0.3) is 0 Å². The normalized spacial score (nSPS) is 15.3. The van der Waals surface area contributed by atoms with Crippen LogP contribution in [-0.4, -0.2) is 34.6 Å². The van der Waals surface area contributed by atoms with E-state index in [0.717, 1.165) is 37.8 Å². The van der Waals surface area contributed by atoms with Gasteiger partial charge in [0.1, 0.15) is 5.82 Å². The molecule has 1 fully saturated rings. The van der Waals surface area contributed by atoms with Gasteiger partial charge in [-0.25, -0.2) is 4.98 Å². The molecule has 0 radical (unpaired) electrons. The van der Waals surface area contributed by atoms with Crippen LogP contribution in [0.2, 0.25) is 0 Å². The summed E-state index contributed by atoms with van der Waals surface area (Å²) in [5.41, 5.74) is 2.52. The monoisotopic (exact) mass is 335 g/mol. The summed E-state index contributed by atoms with van der Waals surface area (Å²) in [5.74, 6) is 1.77. The van der Waals surface area contributed by atoms with Gasteiger partial charge in [-0.1, -0.05) is 31.0 Å². The number of aromatic nitrogens is 3. The highest BCUT2D eigenvalue weighted by molar-refractivity contribution is 5.83. The van der Waals surface area contributed by atoms with Crippen molar-refractivity contribution in [2.75, 3.05) is 29.9 Å². The van der Waals surface area contributed by atoms with Gasteiger partial charge in [0.15, 0.2) is 0 Å². The number of hydrogen-bond acceptors (Lipinski definition) is 4. The topological polar surface area (TPSA) is 56.8 Å². The second-order valence-corrected chi connectivity index (χ2v) is 6.68. The van der Waals surface area contributed by atoms with Gasteiger partial charge in [-0.3, -0.25) is 0 Å². The van der Waals surface area contributed by atoms with Crippen LogP contribution in [0.4, 0.5) is 11.8 Å². The molecule has 0 saturated carbocycles. The van der Waals surface area contributed by atoms with Gasteiger partial charge < -0.3 is 15.2 Å². The molecular weight excluding hydrogens is 310 g/mol. The highest BCUT2D eigenvalue weighted by Crippen LogP contribution is 2.19. The Morgan fingerprint density at radius 1 is 1.04 bits per heavy atom. The predicted octanol–water partition coefficient (Wildman–Crippen LogP) is 3.99. The summed E-state index contributed by atoms with van der Waals surface area (Å²) in [4.78, 5) is 14.8. The molecule has 130 valence electrons. The van der Waals surface area contributed by atoms with E-state index in [0.29, 0.717) is 0 Å². The summed E-state index contributed by atoms with van der Waals surface area (Å²) < 4.78 is 0. The van der Waals surface area contributed by atoms with Crippen LogP contribution < -0.4 is 10.2 Å². The second-order valence-electron chi connectivity index (χ2n) is 6.68. The predicted molar refractivity (Wildman–Crippen MR) is 103 cm³/mol. The van der Waals surface area contributed by atoms with Crippen molar-refractivity contribution in [2.45, 2.75) is 32.1 Å². The Morgan fingerprint density at radius 3 is 2.76 bits per heavy atom. The second kappa shape index (κ2) is 7.55. The minimum atomic E-state index is 0.724. The van der Waals surface area contributed by atoms with Crippen LogP contribution in [0.5, 0.6) is 0 Å². The summed E-state index contributed by atoms with van der Waals surface area (Å²) >= 11 is 0. The minimum Gasteiger partial charge on any atom is -0.361 e. The maximum absolute atomic E-state index is 4.72. The summed E-state index contributed by atoms with van der Waals surface area (Å²) in [5, 5.41) is 4.67. The quantitative estimate of drug-likeness (QED) is 0.740. The summed E-state index contributed by atoms with van der Waals surface area (Å²) in [6.07, 6.45) is 10.1. The van der Waals surface area contributed by atoms with E-state index in [2.05, 4.69) is 50.6 Å². The van der Waals surface area contributed by atoms with Crippen LogP contribution in [0.15, 0.2) is 42.7 Å². The lowest BCUT2D eigenvalue weighted by atomic mass is 10.1. The average molecular weight is 335 g/mol. The van der Waals surface area contributed by atoms with E-state index in [4.69, 9.17) is 4.98 Å². The average Bonchev–Trinajstić information content (AvgIpc) is 2.88. The number of aromatic amines is 1. The van der Waals surface area contributed by atoms with Crippen molar-refractivity contribution < 1.29 is 0 Å². The number of fused-ring (bicyclic) bond motifs is 1. The molecule has 2 N–H and O–H groups in total. The molecule has 1 aliphatic rings. The van der Waals surface area contributed by atoms with Crippen molar-refractivity contribution >= 4 is 22.7 Å². The number of H-pyrrole nitrogens is 1. The molecule has 1 saturated heterocycles. The lowest BCUT2D eigenvalue weighted by Crippen LogP contribution is -2.25. The fraction of sp³-hybridized carbons (Fsp3) is 0.400. The Kier molecular flexibility index (Phi) is 4.81. The number of anilines is 2. The molecular formula is C20H25N5. The van der Waals surface area contributed by atoms with Crippen molar-refractivity contribution in [2.24, 2.45) is 0 Å². The first-order valence-corrected chi connectivity index (χ1v) is 9.27. The van der Waals surface area contributed by atoms with E-state index in [1.54, 1.807) is 0 Å². The third-order valence-electron chi connectivity index (χ3n) is 4.92. The van der Waals surface area contributed by atoms with Crippen molar-refractivity contribution in [3.05, 3.63) is 48.3 Å². The van der Waals surface area contributed by atoms with Gasteiger partial charge in [0.2, 0.25) is 5.95 Å². The molecule has 1 aliphatic heterocycles. The lowest BCUT2D eigenvalue weighted by molar-refractivity contribution is 0.726. The maximum atomic E-state index is 4.72. The van der Waals surface area contributed by atoms with Crippen LogP contribution in [0.3, 0.4) is 0 Å². The van der Waals surface area contributed by atoms with Crippen LogP contribution >= 0.6 is 0 Å². The highest BCUT2D eigenvalue weighted by atomic mass is 15.2. The van der Waals surface area contributed by atoms with Crippen LogP contribution in [0.25, 0.3) is 10.9 Å². The maximum Gasteiger partial charge on any atom is 0.224 e. The molecule has 3 aromatic rings. The number of hydrogen-bond donors (Lipinski definition) is 2. The van der Waals surface area contributed by atoms with Crippen LogP contribution in [0.1, 0.15) is 31.2 Å². The Labute approximate surface area is 148 Å². The number of nitrogens with one attached hydrogen (secondary N) is 2. The molecule has 0 aliphatic carbocycles. The molecule has 25 heavy (non-hydrogen) atoms. The van der Waals surface area contributed by atoms with Crippen molar-refractivity contribution in [3.63, 3.8) is 0 Å². The van der Waals surface area contributed by atoms with Crippen LogP contribution in [-0.2, 0) is 6.42 Å². The number of benzene rings is 1. The first-order valence-electron chi connectivity index (χ1n) is 9.27. The van der Waals surface area contributed by atoms with E-state index in [1.165, 1.54) is 42.1 Å². The van der Waals surface area contributed by atoms with E-state index >= 15 is 0 Å². The number of para-hydroxylation sites is 1. The fourth-order valence-electron chi connectivity index (χ4n) is 3.56. The third kappa shape index (κ3) is 3.76. The molecule has 5 nitrogen and oxygen atoms in total. The SMILES string of the molecule is c1ccc2c(CCNc3nccc(N4CCCCCC4)n3)c[nH]c2c1. The van der Waals surface area contributed by atoms with Gasteiger partial charge in [0, 0.05) is 42.9 Å². The van der Waals surface area contributed by atoms with E-state index in [9.17, 15) is 0 Å². The fourth-order valence-corrected chi connectivity index (χ4v) is 3.56. The van der Waals surface area contributed by atoms with Crippen molar-refractivity contribution in [3.8, 4) is 0 Å². The van der Waals surface area contributed by atoms with Crippen molar-refractivity contribution in [1.82, 2.24) is 15.0 Å². The van der Waals surface area contributed by atoms with E-state index in [1.807, 2.05) is 12.3 Å². The van der Waals surface area contributed by atoms with Gasteiger partial charge in [0.05, 0.1) is 0 Å². The molecule has 3 heterocycles. The molecule has 0 amide bonds. The molecule has 0 bridgehead atoms. The first kappa shape index (κ1) is 15.9. The molecule has 5 heteroatoms. The Morgan fingerprint density at radius 2 is 1.88 bits per heavy atom. The number of nitrogens with zero attached hydrogens (tertiary/aromatic N) is 3. The third-order valence-corrected chi connectivity index (χ3v) is 4.92. The summed E-state index contributed by atoms with van der Waals surface area (Å²) in [6, 6.07) is 10.4. The largest absolute Gasteiger partial charge is 0.361 e. The smallest absolute Gasteiger partial charge is 0.224 e. The number of rotatable bonds is 5. The highest BCUT2D eigenvalue weighted by Gasteiger charge is 2.11. The van der Waals surface area contributed by atoms with Gasteiger partial charge in [-0.05, 0) is 37.0 Å². The van der Waals surface area contributed by atoms with Crippen LogP contribution in [0, 0.1) is 0 Å². The lowest BCUT2D eigenvalue weighted by Gasteiger charge is -2.21. The zero-order valence-electron chi connectivity index (χ0n) is 14.5. The first-order chi connectivity index (χ1) is 12.4. The molecule has 1 aromatic carbocycles. The van der Waals surface area contributed by atoms with Gasteiger partial charge in [-0.15, -0.1) is 0 Å². The van der Waals surface area contributed by atoms with E-state index < -0.39 is 0 Å². The summed E-state index contributed by atoms with van der Waals surface area (Å²) in [6.45, 7) is 3.03. The zero-order valence-corrected chi connectivity index (χ0v) is 14.5. The summed E-state index contributed by atoms with van der Waals surface area (Å²) in [7, 11) is 0. The molecule has 4 rings (SSSR count). The Hall–Kier alpha value is -2.56.